The molecule has 1 unspecified atom stereocenters. The molecule has 1 aliphatic heterocycles. The average Bonchev–Trinajstić information content (AvgIpc) is 2.47. The molecule has 1 saturated heterocycles. The van der Waals surface area contributed by atoms with Crippen LogP contribution in [0.4, 0.5) is 0 Å². The number of carbonyl (C=O) groups is 1. The molecule has 1 fully saturated rings. The van der Waals surface area contributed by atoms with Crippen LogP contribution in [0, 0.1) is 0 Å². The Morgan fingerprint density at radius 3 is 2.53 bits per heavy atom. The summed E-state index contributed by atoms with van der Waals surface area (Å²) >= 11 is 0. The molecule has 1 aliphatic rings. The molecule has 0 saturated carbocycles. The molecule has 1 aromatic carbocycles. The summed E-state index contributed by atoms with van der Waals surface area (Å²) < 4.78 is 11.3. The second kappa shape index (κ2) is 6.79. The Morgan fingerprint density at radius 1 is 1.32 bits per heavy atom. The number of carbonyl (C=O) groups excluding carboxylic acids is 1. The lowest BCUT2D eigenvalue weighted by atomic mass is 9.97. The topological polar surface area (TPSA) is 75.4 Å². The van der Waals surface area contributed by atoms with Crippen molar-refractivity contribution in [2.24, 2.45) is 5.84 Å². The van der Waals surface area contributed by atoms with E-state index in [9.17, 15) is 9.00 Å². The van der Waals surface area contributed by atoms with Crippen LogP contribution < -0.4 is 11.3 Å². The fourth-order valence-corrected chi connectivity index (χ4v) is 3.37. The van der Waals surface area contributed by atoms with E-state index < -0.39 is 10.8 Å². The van der Waals surface area contributed by atoms with Gasteiger partial charge in [0.1, 0.15) is 0 Å². The van der Waals surface area contributed by atoms with Gasteiger partial charge in [-0.05, 0) is 5.56 Å². The highest BCUT2D eigenvalue weighted by Crippen LogP contribution is 2.18. The Bertz CT molecular complexity index is 442. The maximum Gasteiger partial charge on any atom is 0.242 e. The summed E-state index contributed by atoms with van der Waals surface area (Å²) in [6.07, 6.45) is 0. The van der Waals surface area contributed by atoms with Crippen LogP contribution in [0.3, 0.4) is 0 Å². The van der Waals surface area contributed by atoms with Crippen LogP contribution in [-0.4, -0.2) is 46.2 Å². The van der Waals surface area contributed by atoms with Gasteiger partial charge in [-0.15, -0.1) is 0 Å². The van der Waals surface area contributed by atoms with E-state index in [4.69, 9.17) is 5.84 Å². The molecule has 0 radical (unpaired) electrons. The van der Waals surface area contributed by atoms with Crippen molar-refractivity contribution in [2.75, 3.05) is 31.1 Å². The van der Waals surface area contributed by atoms with Crippen LogP contribution in [0.25, 0.3) is 0 Å². The molecule has 0 spiro atoms. The van der Waals surface area contributed by atoms with Gasteiger partial charge in [0.15, 0.2) is 0 Å². The lowest BCUT2D eigenvalue weighted by Crippen LogP contribution is -2.44. The van der Waals surface area contributed by atoms with Crippen LogP contribution in [0.5, 0.6) is 0 Å². The van der Waals surface area contributed by atoms with E-state index in [0.717, 1.165) is 18.7 Å². The molecule has 0 aliphatic carbocycles. The van der Waals surface area contributed by atoms with Crippen molar-refractivity contribution in [3.63, 3.8) is 0 Å². The van der Waals surface area contributed by atoms with Crippen LogP contribution in [0.1, 0.15) is 11.5 Å². The lowest BCUT2D eigenvalue weighted by Gasteiger charge is -2.29. The molecule has 0 bridgehead atoms. The second-order valence-corrected chi connectivity index (χ2v) is 6.32. The van der Waals surface area contributed by atoms with Gasteiger partial charge in [-0.25, -0.2) is 5.84 Å². The van der Waals surface area contributed by atoms with Crippen LogP contribution in [0.15, 0.2) is 30.3 Å². The Balaban J connectivity index is 2.06. The molecule has 1 aromatic rings. The summed E-state index contributed by atoms with van der Waals surface area (Å²) in [6, 6.07) is 9.61. The molecule has 6 heteroatoms. The van der Waals surface area contributed by atoms with E-state index in [1.165, 1.54) is 0 Å². The van der Waals surface area contributed by atoms with E-state index in [1.807, 2.05) is 30.3 Å². The van der Waals surface area contributed by atoms with Crippen molar-refractivity contribution in [1.29, 1.82) is 0 Å². The molecule has 0 aromatic heterocycles. The predicted molar refractivity (Wildman–Crippen MR) is 75.8 cm³/mol. The number of nitrogens with two attached hydrogens (primary N) is 1. The second-order valence-electron chi connectivity index (χ2n) is 4.62. The van der Waals surface area contributed by atoms with Crippen molar-refractivity contribution >= 4 is 16.7 Å². The van der Waals surface area contributed by atoms with Gasteiger partial charge >= 0.3 is 0 Å². The zero-order valence-electron chi connectivity index (χ0n) is 10.7. The summed E-state index contributed by atoms with van der Waals surface area (Å²) in [6.45, 7) is 2.16. The first-order valence-electron chi connectivity index (χ1n) is 6.33. The average molecular weight is 281 g/mol. The van der Waals surface area contributed by atoms with Crippen molar-refractivity contribution in [3.8, 4) is 0 Å². The molecule has 1 heterocycles. The zero-order chi connectivity index (χ0) is 13.7. The smallest absolute Gasteiger partial charge is 0.242 e. The zero-order valence-corrected chi connectivity index (χ0v) is 11.6. The Morgan fingerprint density at radius 2 is 1.95 bits per heavy atom. The Kier molecular flexibility index (Phi) is 5.07. The van der Waals surface area contributed by atoms with Gasteiger partial charge < -0.3 is 4.90 Å². The number of benzene rings is 1. The highest BCUT2D eigenvalue weighted by atomic mass is 32.2. The fraction of sp³-hybridized carbons (Fsp3) is 0.462. The summed E-state index contributed by atoms with van der Waals surface area (Å²) in [5, 5.41) is 0. The molecule has 3 N–H and O–H groups in total. The normalized spacial score (nSPS) is 19.0. The first-order valence-corrected chi connectivity index (χ1v) is 7.82. The fourth-order valence-electron chi connectivity index (χ4n) is 2.24. The summed E-state index contributed by atoms with van der Waals surface area (Å²) in [5.74, 6) is 6.18. The number of hydrogen-bond donors (Lipinski definition) is 2. The minimum Gasteiger partial charge on any atom is -0.300 e. The first kappa shape index (κ1) is 14.2. The van der Waals surface area contributed by atoms with Crippen molar-refractivity contribution < 1.29 is 9.00 Å². The molecule has 1 atom stereocenters. The van der Waals surface area contributed by atoms with Crippen molar-refractivity contribution in [3.05, 3.63) is 35.9 Å². The maximum atomic E-state index is 11.9. The van der Waals surface area contributed by atoms with Crippen LogP contribution in [-0.2, 0) is 15.6 Å². The molecule has 5 nitrogen and oxygen atoms in total. The number of nitrogens with one attached hydrogen (secondary N) is 1. The van der Waals surface area contributed by atoms with E-state index in [1.54, 1.807) is 0 Å². The van der Waals surface area contributed by atoms with Crippen molar-refractivity contribution in [1.82, 2.24) is 10.3 Å². The SMILES string of the molecule is NNC(=O)C(CN1CCS(=O)CC1)c1ccccc1. The largest absolute Gasteiger partial charge is 0.300 e. The third-order valence-electron chi connectivity index (χ3n) is 3.37. The van der Waals surface area contributed by atoms with Gasteiger partial charge in [0.25, 0.3) is 0 Å². The summed E-state index contributed by atoms with van der Waals surface area (Å²) in [5.41, 5.74) is 3.19. The highest BCUT2D eigenvalue weighted by Gasteiger charge is 2.24. The quantitative estimate of drug-likeness (QED) is 0.456. The van der Waals surface area contributed by atoms with Gasteiger partial charge in [0.2, 0.25) is 5.91 Å². The molecule has 1 amide bonds. The number of rotatable bonds is 4. The third-order valence-corrected chi connectivity index (χ3v) is 4.65. The first-order chi connectivity index (χ1) is 9.20. The number of nitrogens with zero attached hydrogens (tertiary/aromatic N) is 1. The highest BCUT2D eigenvalue weighted by molar-refractivity contribution is 7.85. The van der Waals surface area contributed by atoms with Gasteiger partial charge in [0.05, 0.1) is 5.92 Å². The maximum absolute atomic E-state index is 11.9. The van der Waals surface area contributed by atoms with Crippen LogP contribution in [0.2, 0.25) is 0 Å². The van der Waals surface area contributed by atoms with Crippen molar-refractivity contribution in [2.45, 2.75) is 5.92 Å². The standard InChI is InChI=1S/C13H19N3O2S/c14-15-13(17)12(11-4-2-1-3-5-11)10-16-6-8-19(18)9-7-16/h1-5,12H,6-10,14H2,(H,15,17). The number of hydrogen-bond acceptors (Lipinski definition) is 4. The van der Waals surface area contributed by atoms with Gasteiger partial charge in [-0.2, -0.15) is 0 Å². The molecular formula is C13H19N3O2S. The third kappa shape index (κ3) is 3.86. The predicted octanol–water partition coefficient (Wildman–Crippen LogP) is -0.176. The van der Waals surface area contributed by atoms with Gasteiger partial charge in [-0.3, -0.25) is 14.4 Å². The monoisotopic (exact) mass is 281 g/mol. The van der Waals surface area contributed by atoms with E-state index >= 15 is 0 Å². The van der Waals surface area contributed by atoms with E-state index in [-0.39, 0.29) is 11.8 Å². The Hall–Kier alpha value is -1.24. The Labute approximate surface area is 115 Å². The van der Waals surface area contributed by atoms with E-state index in [0.29, 0.717) is 18.1 Å². The molecule has 104 valence electrons. The number of amides is 1. The summed E-state index contributed by atoms with van der Waals surface area (Å²) in [7, 11) is -0.700. The number of hydrazine groups is 1. The lowest BCUT2D eigenvalue weighted by molar-refractivity contribution is -0.123. The van der Waals surface area contributed by atoms with Gasteiger partial charge in [-0.1, -0.05) is 30.3 Å². The minimum atomic E-state index is -0.700. The molecule has 2 rings (SSSR count). The van der Waals surface area contributed by atoms with Crippen LogP contribution >= 0.6 is 0 Å². The molecular weight excluding hydrogens is 262 g/mol. The van der Waals surface area contributed by atoms with E-state index in [2.05, 4.69) is 10.3 Å². The summed E-state index contributed by atoms with van der Waals surface area (Å²) in [4.78, 5) is 14.1. The van der Waals surface area contributed by atoms with Gasteiger partial charge in [0, 0.05) is 41.9 Å². The molecule has 19 heavy (non-hydrogen) atoms. The minimum absolute atomic E-state index is 0.183.